The van der Waals surface area contributed by atoms with E-state index in [1.54, 1.807) is 25.5 Å². The molecule has 0 aliphatic carbocycles. The normalized spacial score (nSPS) is 18.0. The quantitative estimate of drug-likeness (QED) is 0.494. The highest BCUT2D eigenvalue weighted by atomic mass is 16.2. The zero-order chi connectivity index (χ0) is 23.4. The first-order valence-electron chi connectivity index (χ1n) is 11.0. The van der Waals surface area contributed by atoms with E-state index in [0.29, 0.717) is 29.6 Å². The van der Waals surface area contributed by atoms with Gasteiger partial charge >= 0.3 is 0 Å². The van der Waals surface area contributed by atoms with Crippen molar-refractivity contribution >= 4 is 29.3 Å². The van der Waals surface area contributed by atoms with Gasteiger partial charge in [0.05, 0.1) is 17.6 Å². The minimum absolute atomic E-state index is 0.0214. The highest BCUT2D eigenvalue weighted by Crippen LogP contribution is 2.32. The lowest BCUT2D eigenvalue weighted by molar-refractivity contribution is -0.132. The molecule has 170 valence electrons. The molecule has 1 aliphatic rings. The molecule has 4 rings (SSSR count). The first-order valence-corrected chi connectivity index (χ1v) is 11.0. The molecule has 0 bridgehead atoms. The van der Waals surface area contributed by atoms with Crippen molar-refractivity contribution in [3.05, 3.63) is 54.2 Å². The molecule has 1 fully saturated rings. The van der Waals surface area contributed by atoms with Gasteiger partial charge in [0.2, 0.25) is 5.91 Å². The number of nitrogens with zero attached hydrogens (tertiary/aromatic N) is 5. The lowest BCUT2D eigenvalue weighted by Crippen LogP contribution is -2.44. The molecular formula is C24H28N8O. The number of benzene rings is 1. The molecule has 33 heavy (non-hydrogen) atoms. The summed E-state index contributed by atoms with van der Waals surface area (Å²) in [5.41, 5.74) is 3.64. The van der Waals surface area contributed by atoms with E-state index in [-0.39, 0.29) is 17.9 Å². The second-order valence-corrected chi connectivity index (χ2v) is 8.17. The van der Waals surface area contributed by atoms with Crippen molar-refractivity contribution in [1.29, 1.82) is 5.41 Å². The number of hydrogen-bond acceptors (Lipinski definition) is 8. The van der Waals surface area contributed by atoms with Crippen LogP contribution in [0.25, 0.3) is 11.4 Å². The molecule has 0 saturated carbocycles. The van der Waals surface area contributed by atoms with Crippen molar-refractivity contribution in [3.63, 3.8) is 0 Å². The van der Waals surface area contributed by atoms with Crippen molar-refractivity contribution in [2.45, 2.75) is 38.6 Å². The minimum atomic E-state index is 0.0214. The number of amides is 1. The van der Waals surface area contributed by atoms with Crippen LogP contribution in [0.1, 0.15) is 44.0 Å². The number of anilines is 3. The summed E-state index contributed by atoms with van der Waals surface area (Å²) in [6.07, 6.45) is 8.03. The zero-order valence-corrected chi connectivity index (χ0v) is 19.0. The maximum atomic E-state index is 12.1. The van der Waals surface area contributed by atoms with Crippen molar-refractivity contribution in [1.82, 2.24) is 24.8 Å². The van der Waals surface area contributed by atoms with Crippen LogP contribution in [0.15, 0.2) is 42.9 Å². The van der Waals surface area contributed by atoms with Gasteiger partial charge in [-0.3, -0.25) is 14.8 Å². The van der Waals surface area contributed by atoms with Gasteiger partial charge in [-0.05, 0) is 31.9 Å². The number of aromatic nitrogens is 4. The van der Waals surface area contributed by atoms with Crippen LogP contribution in [0.3, 0.4) is 0 Å². The van der Waals surface area contributed by atoms with E-state index in [4.69, 9.17) is 15.4 Å². The molecule has 0 spiro atoms. The predicted octanol–water partition coefficient (Wildman–Crippen LogP) is 3.83. The molecule has 0 unspecified atom stereocenters. The summed E-state index contributed by atoms with van der Waals surface area (Å²) in [7, 11) is 1.83. The van der Waals surface area contributed by atoms with E-state index in [2.05, 4.69) is 27.5 Å². The molecule has 1 aliphatic heterocycles. The van der Waals surface area contributed by atoms with E-state index >= 15 is 0 Å². The Bertz CT molecular complexity index is 1150. The Morgan fingerprint density at radius 3 is 2.70 bits per heavy atom. The van der Waals surface area contributed by atoms with Crippen molar-refractivity contribution in [2.24, 2.45) is 0 Å². The fourth-order valence-corrected chi connectivity index (χ4v) is 4.22. The van der Waals surface area contributed by atoms with Gasteiger partial charge in [0, 0.05) is 68.4 Å². The Hall–Kier alpha value is -3.88. The van der Waals surface area contributed by atoms with Gasteiger partial charge in [0.25, 0.3) is 0 Å². The summed E-state index contributed by atoms with van der Waals surface area (Å²) in [5, 5.41) is 14.3. The molecular weight excluding hydrogens is 416 g/mol. The Kier molecular flexibility index (Phi) is 6.58. The monoisotopic (exact) mass is 444 g/mol. The molecule has 3 heterocycles. The first-order chi connectivity index (χ1) is 16.0. The molecule has 9 heteroatoms. The second-order valence-electron chi connectivity index (χ2n) is 8.17. The van der Waals surface area contributed by atoms with E-state index in [1.807, 2.05) is 36.2 Å². The number of rotatable bonds is 6. The van der Waals surface area contributed by atoms with Crippen LogP contribution in [-0.4, -0.2) is 56.6 Å². The Balaban J connectivity index is 1.75. The SMILES string of the molecule is CNc1cccc(Nc2cc(-c3cnccn3)nc([C@@H]3CC[C@H](C)N(C(C)=O)C3)n2)c1C=N. The summed E-state index contributed by atoms with van der Waals surface area (Å²) < 4.78 is 0. The third-order valence-electron chi connectivity index (χ3n) is 6.00. The Morgan fingerprint density at radius 2 is 2.00 bits per heavy atom. The summed E-state index contributed by atoms with van der Waals surface area (Å²) in [4.78, 5) is 32.3. The largest absolute Gasteiger partial charge is 0.388 e. The maximum Gasteiger partial charge on any atom is 0.219 e. The number of carbonyl (C=O) groups excluding carboxylic acids is 1. The lowest BCUT2D eigenvalue weighted by Gasteiger charge is -2.37. The zero-order valence-electron chi connectivity index (χ0n) is 19.0. The van der Waals surface area contributed by atoms with Gasteiger partial charge in [-0.25, -0.2) is 9.97 Å². The average Bonchev–Trinajstić information content (AvgIpc) is 2.84. The van der Waals surface area contributed by atoms with Crippen molar-refractivity contribution < 1.29 is 4.79 Å². The average molecular weight is 445 g/mol. The molecule has 1 saturated heterocycles. The fraction of sp³-hybridized carbons (Fsp3) is 0.333. The van der Waals surface area contributed by atoms with Gasteiger partial charge in [-0.2, -0.15) is 0 Å². The second kappa shape index (κ2) is 9.72. The summed E-state index contributed by atoms with van der Waals surface area (Å²) in [5.74, 6) is 1.35. The van der Waals surface area contributed by atoms with E-state index in [9.17, 15) is 4.79 Å². The Morgan fingerprint density at radius 1 is 1.18 bits per heavy atom. The number of carbonyl (C=O) groups is 1. The van der Waals surface area contributed by atoms with Crippen LogP contribution in [-0.2, 0) is 4.79 Å². The third kappa shape index (κ3) is 4.82. The van der Waals surface area contributed by atoms with Crippen LogP contribution >= 0.6 is 0 Å². The standard InChI is InChI=1S/C24H28N8O/c1-15-7-8-17(14-32(15)16(2)33)24-30-21(22-13-27-9-10-28-22)11-23(31-24)29-20-6-4-5-19(26-3)18(20)12-25/h4-6,9-13,15,17,25-26H,7-8,14H2,1-3H3,(H,29,30,31)/t15-,17+/m0/s1. The smallest absolute Gasteiger partial charge is 0.219 e. The Labute approximate surface area is 193 Å². The van der Waals surface area contributed by atoms with Crippen LogP contribution < -0.4 is 10.6 Å². The number of nitrogens with one attached hydrogen (secondary N) is 3. The van der Waals surface area contributed by atoms with Crippen LogP contribution in [0.4, 0.5) is 17.2 Å². The van der Waals surface area contributed by atoms with E-state index in [0.717, 1.165) is 29.8 Å². The molecule has 3 aromatic rings. The summed E-state index contributed by atoms with van der Waals surface area (Å²) in [6.45, 7) is 4.27. The molecule has 9 nitrogen and oxygen atoms in total. The topological polar surface area (TPSA) is 120 Å². The fourth-order valence-electron chi connectivity index (χ4n) is 4.22. The summed E-state index contributed by atoms with van der Waals surface area (Å²) >= 11 is 0. The van der Waals surface area contributed by atoms with Crippen LogP contribution in [0, 0.1) is 5.41 Å². The number of piperidine rings is 1. The number of likely N-dealkylation sites (tertiary alicyclic amines) is 1. The van der Waals surface area contributed by atoms with Crippen molar-refractivity contribution in [2.75, 3.05) is 24.2 Å². The molecule has 1 aromatic carbocycles. The lowest BCUT2D eigenvalue weighted by atomic mass is 9.92. The first kappa shape index (κ1) is 22.3. The van der Waals surface area contributed by atoms with Gasteiger partial charge < -0.3 is 20.9 Å². The van der Waals surface area contributed by atoms with Crippen molar-refractivity contribution in [3.8, 4) is 11.4 Å². The third-order valence-corrected chi connectivity index (χ3v) is 6.00. The minimum Gasteiger partial charge on any atom is -0.388 e. The van der Waals surface area contributed by atoms with Crippen LogP contribution in [0.5, 0.6) is 0 Å². The van der Waals surface area contributed by atoms with Crippen LogP contribution in [0.2, 0.25) is 0 Å². The number of hydrogen-bond donors (Lipinski definition) is 3. The highest BCUT2D eigenvalue weighted by molar-refractivity contribution is 5.94. The van der Waals surface area contributed by atoms with Gasteiger partial charge in [-0.1, -0.05) is 6.07 Å². The highest BCUT2D eigenvalue weighted by Gasteiger charge is 2.30. The molecule has 0 radical (unpaired) electrons. The van der Waals surface area contributed by atoms with E-state index < -0.39 is 0 Å². The molecule has 2 aromatic heterocycles. The molecule has 2 atom stereocenters. The van der Waals surface area contributed by atoms with E-state index in [1.165, 1.54) is 6.21 Å². The summed E-state index contributed by atoms with van der Waals surface area (Å²) in [6, 6.07) is 7.78. The van der Waals surface area contributed by atoms with Gasteiger partial charge in [0.1, 0.15) is 17.3 Å². The predicted molar refractivity (Wildman–Crippen MR) is 129 cm³/mol. The van der Waals surface area contributed by atoms with Gasteiger partial charge in [-0.15, -0.1) is 0 Å². The molecule has 3 N–H and O–H groups in total. The molecule has 1 amide bonds. The van der Waals surface area contributed by atoms with Gasteiger partial charge in [0.15, 0.2) is 0 Å². The maximum absolute atomic E-state index is 12.1.